The Balaban J connectivity index is 1.81. The largest absolute Gasteiger partial charge is 0.492 e. The van der Waals surface area contributed by atoms with Gasteiger partial charge in [0, 0.05) is 17.3 Å². The van der Waals surface area contributed by atoms with Gasteiger partial charge in [-0.3, -0.25) is 9.69 Å². The molecule has 0 unspecified atom stereocenters. The van der Waals surface area contributed by atoms with Crippen molar-refractivity contribution in [1.29, 1.82) is 0 Å². The van der Waals surface area contributed by atoms with Crippen molar-refractivity contribution >= 4 is 23.2 Å². The quantitative estimate of drug-likeness (QED) is 0.785. The Labute approximate surface area is 148 Å². The molecule has 0 atom stereocenters. The van der Waals surface area contributed by atoms with Gasteiger partial charge in [0.15, 0.2) is 0 Å². The van der Waals surface area contributed by atoms with Gasteiger partial charge in [0.25, 0.3) is 0 Å². The molecule has 0 saturated carbocycles. The highest BCUT2D eigenvalue weighted by Crippen LogP contribution is 2.20. The minimum absolute atomic E-state index is 0.0538. The second-order valence-corrected chi connectivity index (χ2v) is 5.97. The minimum Gasteiger partial charge on any atom is -0.492 e. The highest BCUT2D eigenvalue weighted by atomic mass is 35.5. The molecule has 2 rings (SSSR count). The van der Waals surface area contributed by atoms with Crippen LogP contribution in [0.3, 0.4) is 0 Å². The number of ether oxygens (including phenoxy) is 1. The fraction of sp³-hybridized carbons (Fsp3) is 0.316. The number of nitrogens with zero attached hydrogens (tertiary/aromatic N) is 1. The van der Waals surface area contributed by atoms with E-state index >= 15 is 0 Å². The molecule has 0 aliphatic carbocycles. The average Bonchev–Trinajstić information content (AvgIpc) is 2.58. The first kappa shape index (κ1) is 18.3. The summed E-state index contributed by atoms with van der Waals surface area (Å²) in [5.74, 6) is 0.787. The summed E-state index contributed by atoms with van der Waals surface area (Å²) in [4.78, 5) is 14.3. The molecule has 4 nitrogen and oxygen atoms in total. The number of anilines is 1. The van der Waals surface area contributed by atoms with E-state index < -0.39 is 0 Å². The van der Waals surface area contributed by atoms with Gasteiger partial charge in [0.2, 0.25) is 5.91 Å². The lowest BCUT2D eigenvalue weighted by Gasteiger charge is -2.20. The first-order valence-electron chi connectivity index (χ1n) is 8.04. The van der Waals surface area contributed by atoms with Gasteiger partial charge in [-0.05, 0) is 43.3 Å². The van der Waals surface area contributed by atoms with Crippen LogP contribution in [0.25, 0.3) is 0 Å². The number of benzene rings is 2. The molecule has 2 aromatic rings. The van der Waals surface area contributed by atoms with Crippen molar-refractivity contribution in [3.63, 3.8) is 0 Å². The first-order valence-corrected chi connectivity index (χ1v) is 8.42. The number of carbonyl (C=O) groups excluding carboxylic acids is 1. The van der Waals surface area contributed by atoms with E-state index in [1.807, 2.05) is 61.2 Å². The average molecular weight is 347 g/mol. The predicted octanol–water partition coefficient (Wildman–Crippen LogP) is 3.99. The van der Waals surface area contributed by atoms with Gasteiger partial charge in [-0.15, -0.1) is 0 Å². The number of rotatable bonds is 8. The number of para-hydroxylation sites is 1. The number of aryl methyl sites for hydroxylation is 1. The van der Waals surface area contributed by atoms with Crippen LogP contribution in [0.2, 0.25) is 5.02 Å². The van der Waals surface area contributed by atoms with E-state index in [2.05, 4.69) is 5.32 Å². The van der Waals surface area contributed by atoms with E-state index in [0.29, 0.717) is 24.7 Å². The molecule has 0 aliphatic rings. The third kappa shape index (κ3) is 5.87. The molecule has 0 aliphatic heterocycles. The molecule has 2 aromatic carbocycles. The van der Waals surface area contributed by atoms with E-state index in [1.165, 1.54) is 0 Å². The molecular formula is C19H23ClN2O2. The van der Waals surface area contributed by atoms with Gasteiger partial charge < -0.3 is 10.1 Å². The number of hydrogen-bond donors (Lipinski definition) is 1. The Bertz CT molecular complexity index is 662. The Morgan fingerprint density at radius 1 is 1.21 bits per heavy atom. The smallest absolute Gasteiger partial charge is 0.238 e. The summed E-state index contributed by atoms with van der Waals surface area (Å²) in [5, 5.41) is 3.53. The highest BCUT2D eigenvalue weighted by Gasteiger charge is 2.11. The molecule has 1 N–H and O–H groups in total. The molecule has 0 fully saturated rings. The van der Waals surface area contributed by atoms with Crippen LogP contribution < -0.4 is 10.1 Å². The molecular weight excluding hydrogens is 324 g/mol. The van der Waals surface area contributed by atoms with E-state index in [4.69, 9.17) is 16.3 Å². The summed E-state index contributed by atoms with van der Waals surface area (Å²) in [6, 6.07) is 15.1. The molecule has 0 heterocycles. The van der Waals surface area contributed by atoms with Crippen LogP contribution >= 0.6 is 11.6 Å². The Morgan fingerprint density at radius 2 is 1.96 bits per heavy atom. The number of amides is 1. The van der Waals surface area contributed by atoms with E-state index in [1.54, 1.807) is 6.07 Å². The molecule has 5 heteroatoms. The third-order valence-electron chi connectivity index (χ3n) is 3.71. The van der Waals surface area contributed by atoms with Crippen molar-refractivity contribution < 1.29 is 9.53 Å². The minimum atomic E-state index is -0.0538. The zero-order chi connectivity index (χ0) is 17.4. The summed E-state index contributed by atoms with van der Waals surface area (Å²) >= 11 is 5.98. The fourth-order valence-electron chi connectivity index (χ4n) is 2.28. The summed E-state index contributed by atoms with van der Waals surface area (Å²) in [6.07, 6.45) is 0. The SMILES string of the molecule is CCN(CCOc1ccccc1)CC(=O)Nc1cc(Cl)ccc1C. The number of carbonyl (C=O) groups is 1. The maximum absolute atomic E-state index is 12.2. The van der Waals surface area contributed by atoms with Gasteiger partial charge >= 0.3 is 0 Å². The Morgan fingerprint density at radius 3 is 2.67 bits per heavy atom. The first-order chi connectivity index (χ1) is 11.6. The van der Waals surface area contributed by atoms with Gasteiger partial charge in [-0.25, -0.2) is 0 Å². The Kier molecular flexibility index (Phi) is 7.09. The molecule has 128 valence electrons. The van der Waals surface area contributed by atoms with Crippen molar-refractivity contribution in [3.05, 3.63) is 59.1 Å². The predicted molar refractivity (Wildman–Crippen MR) is 98.9 cm³/mol. The standard InChI is InChI=1S/C19H23ClN2O2/c1-3-22(11-12-24-17-7-5-4-6-8-17)14-19(23)21-18-13-16(20)10-9-15(18)2/h4-10,13H,3,11-12,14H2,1-2H3,(H,21,23). The van der Waals surface area contributed by atoms with Crippen molar-refractivity contribution in [2.45, 2.75) is 13.8 Å². The van der Waals surface area contributed by atoms with E-state index in [-0.39, 0.29) is 5.91 Å². The number of halogens is 1. The van der Waals surface area contributed by atoms with Crippen LogP contribution in [-0.2, 0) is 4.79 Å². The lowest BCUT2D eigenvalue weighted by molar-refractivity contribution is -0.117. The second kappa shape index (κ2) is 9.30. The zero-order valence-electron chi connectivity index (χ0n) is 14.1. The third-order valence-corrected chi connectivity index (χ3v) is 3.94. The normalized spacial score (nSPS) is 10.7. The van der Waals surface area contributed by atoms with Gasteiger partial charge in [0.1, 0.15) is 12.4 Å². The van der Waals surface area contributed by atoms with Crippen molar-refractivity contribution in [2.75, 3.05) is 31.6 Å². The van der Waals surface area contributed by atoms with E-state index in [9.17, 15) is 4.79 Å². The van der Waals surface area contributed by atoms with Crippen molar-refractivity contribution in [3.8, 4) is 5.75 Å². The summed E-state index contributed by atoms with van der Waals surface area (Å²) < 4.78 is 5.68. The fourth-order valence-corrected chi connectivity index (χ4v) is 2.45. The summed E-state index contributed by atoms with van der Waals surface area (Å²) in [7, 11) is 0. The van der Waals surface area contributed by atoms with Crippen LogP contribution in [0.1, 0.15) is 12.5 Å². The van der Waals surface area contributed by atoms with Crippen LogP contribution in [0.15, 0.2) is 48.5 Å². The summed E-state index contributed by atoms with van der Waals surface area (Å²) in [5.41, 5.74) is 1.74. The van der Waals surface area contributed by atoms with E-state index in [0.717, 1.165) is 23.5 Å². The maximum Gasteiger partial charge on any atom is 0.238 e. The molecule has 1 amide bonds. The molecule has 0 aromatic heterocycles. The molecule has 0 saturated heterocycles. The number of hydrogen-bond acceptors (Lipinski definition) is 3. The summed E-state index contributed by atoms with van der Waals surface area (Å²) in [6.45, 7) is 6.30. The molecule has 0 spiro atoms. The zero-order valence-corrected chi connectivity index (χ0v) is 14.8. The number of likely N-dealkylation sites (N-methyl/N-ethyl adjacent to an activating group) is 1. The molecule has 0 bridgehead atoms. The van der Waals surface area contributed by atoms with Gasteiger partial charge in [-0.2, -0.15) is 0 Å². The lowest BCUT2D eigenvalue weighted by Crippen LogP contribution is -2.36. The number of nitrogens with one attached hydrogen (secondary N) is 1. The van der Waals surface area contributed by atoms with Crippen LogP contribution in [-0.4, -0.2) is 37.0 Å². The highest BCUT2D eigenvalue weighted by molar-refractivity contribution is 6.31. The Hall–Kier alpha value is -2.04. The van der Waals surface area contributed by atoms with Crippen LogP contribution in [0.4, 0.5) is 5.69 Å². The van der Waals surface area contributed by atoms with Gasteiger partial charge in [0.05, 0.1) is 6.54 Å². The van der Waals surface area contributed by atoms with Gasteiger partial charge in [-0.1, -0.05) is 42.8 Å². The lowest BCUT2D eigenvalue weighted by atomic mass is 10.2. The van der Waals surface area contributed by atoms with Crippen LogP contribution in [0.5, 0.6) is 5.75 Å². The molecule has 0 radical (unpaired) electrons. The van der Waals surface area contributed by atoms with Crippen molar-refractivity contribution in [1.82, 2.24) is 4.90 Å². The maximum atomic E-state index is 12.2. The van der Waals surface area contributed by atoms with Crippen molar-refractivity contribution in [2.24, 2.45) is 0 Å². The second-order valence-electron chi connectivity index (χ2n) is 5.54. The topological polar surface area (TPSA) is 41.6 Å². The monoisotopic (exact) mass is 346 g/mol. The van der Waals surface area contributed by atoms with Crippen LogP contribution in [0, 0.1) is 6.92 Å². The molecule has 24 heavy (non-hydrogen) atoms.